The van der Waals surface area contributed by atoms with Crippen molar-refractivity contribution in [1.82, 2.24) is 5.32 Å². The highest BCUT2D eigenvalue weighted by atomic mass is 16.4. The van der Waals surface area contributed by atoms with Crippen LogP contribution >= 0.6 is 0 Å². The number of rotatable bonds is 0. The van der Waals surface area contributed by atoms with Gasteiger partial charge in [0.25, 0.3) is 0 Å². The van der Waals surface area contributed by atoms with E-state index in [-0.39, 0.29) is 0 Å². The molecule has 0 aromatic rings. The van der Waals surface area contributed by atoms with Gasteiger partial charge < -0.3 is 10.5 Å². The molecule has 2 aliphatic rings. The quantitative estimate of drug-likeness (QED) is 0.424. The van der Waals surface area contributed by atoms with Crippen molar-refractivity contribution in [3.8, 4) is 0 Å². The van der Waals surface area contributed by atoms with Gasteiger partial charge in [0, 0.05) is 0 Å². The van der Waals surface area contributed by atoms with Crippen LogP contribution in [0.2, 0.25) is 0 Å². The van der Waals surface area contributed by atoms with Gasteiger partial charge in [0.15, 0.2) is 0 Å². The highest BCUT2D eigenvalue weighted by molar-refractivity contribution is 5.86. The lowest BCUT2D eigenvalue weighted by Gasteiger charge is -2.33. The molecule has 0 unspecified atom stereocenters. The summed E-state index contributed by atoms with van der Waals surface area (Å²) in [5, 5.41) is 15.4. The van der Waals surface area contributed by atoms with Crippen molar-refractivity contribution in [3.63, 3.8) is 0 Å². The Morgan fingerprint density at radius 3 is 2.58 bits per heavy atom. The Morgan fingerprint density at radius 2 is 2.00 bits per heavy atom. The van der Waals surface area contributed by atoms with E-state index in [1.165, 1.54) is 19.3 Å². The summed E-state index contributed by atoms with van der Waals surface area (Å²) in [4.78, 5) is 0. The Hall–Kier alpha value is -0.570. The summed E-state index contributed by atoms with van der Waals surface area (Å²) in [6.45, 7) is 2.28. The first-order valence-electron chi connectivity index (χ1n) is 4.75. The third kappa shape index (κ3) is 1.33. The van der Waals surface area contributed by atoms with Gasteiger partial charge in [-0.2, -0.15) is 0 Å². The highest BCUT2D eigenvalue weighted by Gasteiger charge is 2.38. The zero-order valence-electron chi connectivity index (χ0n) is 7.34. The van der Waals surface area contributed by atoms with Gasteiger partial charge in [0.05, 0.1) is 5.71 Å². The van der Waals surface area contributed by atoms with E-state index in [9.17, 15) is 0 Å². The molecule has 2 rings (SSSR count). The summed E-state index contributed by atoms with van der Waals surface area (Å²) < 4.78 is 0. The molecule has 0 atom stereocenters. The van der Waals surface area contributed by atoms with Gasteiger partial charge in [0.2, 0.25) is 0 Å². The van der Waals surface area contributed by atoms with Crippen LogP contribution < -0.4 is 5.32 Å². The predicted molar refractivity (Wildman–Crippen MR) is 47.6 cm³/mol. The molecule has 1 spiro atoms. The van der Waals surface area contributed by atoms with Crippen LogP contribution in [0, 0.1) is 5.41 Å². The second-order valence-electron chi connectivity index (χ2n) is 4.09. The lowest BCUT2D eigenvalue weighted by Crippen LogP contribution is -2.35. The molecule has 1 heterocycles. The SMILES string of the molecule is ON=C1CCC2(CCNCC2)C1. The van der Waals surface area contributed by atoms with Crippen molar-refractivity contribution in [3.05, 3.63) is 0 Å². The zero-order valence-corrected chi connectivity index (χ0v) is 7.34. The van der Waals surface area contributed by atoms with E-state index in [4.69, 9.17) is 5.21 Å². The average Bonchev–Trinajstić information content (AvgIpc) is 2.50. The lowest BCUT2D eigenvalue weighted by atomic mass is 9.77. The lowest BCUT2D eigenvalue weighted by molar-refractivity contribution is 0.216. The van der Waals surface area contributed by atoms with E-state index < -0.39 is 0 Å². The Balaban J connectivity index is 2.03. The number of nitrogens with one attached hydrogen (secondary N) is 1. The van der Waals surface area contributed by atoms with Gasteiger partial charge in [-0.25, -0.2) is 0 Å². The summed E-state index contributed by atoms with van der Waals surface area (Å²) >= 11 is 0. The molecule has 0 aromatic heterocycles. The van der Waals surface area contributed by atoms with Crippen LogP contribution in [0.15, 0.2) is 5.16 Å². The Morgan fingerprint density at radius 1 is 1.25 bits per heavy atom. The largest absolute Gasteiger partial charge is 0.411 e. The first kappa shape index (κ1) is 8.05. The van der Waals surface area contributed by atoms with Crippen molar-refractivity contribution in [1.29, 1.82) is 0 Å². The molecular formula is C9H16N2O. The van der Waals surface area contributed by atoms with Crippen molar-refractivity contribution in [2.75, 3.05) is 13.1 Å². The summed E-state index contributed by atoms with van der Waals surface area (Å²) in [6.07, 6.45) is 5.79. The summed E-state index contributed by atoms with van der Waals surface area (Å²) in [5.74, 6) is 0. The molecule has 1 aliphatic heterocycles. The van der Waals surface area contributed by atoms with Crippen molar-refractivity contribution in [2.24, 2.45) is 10.6 Å². The Labute approximate surface area is 72.8 Å². The van der Waals surface area contributed by atoms with Gasteiger partial charge in [0.1, 0.15) is 0 Å². The van der Waals surface area contributed by atoms with Crippen LogP contribution in [0.5, 0.6) is 0 Å². The fourth-order valence-corrected chi connectivity index (χ4v) is 2.49. The van der Waals surface area contributed by atoms with Crippen LogP contribution in [-0.2, 0) is 0 Å². The molecule has 0 amide bonds. The van der Waals surface area contributed by atoms with Crippen molar-refractivity contribution in [2.45, 2.75) is 32.1 Å². The fourth-order valence-electron chi connectivity index (χ4n) is 2.49. The van der Waals surface area contributed by atoms with Crippen LogP contribution in [0.3, 0.4) is 0 Å². The zero-order chi connectivity index (χ0) is 8.44. The first-order valence-corrected chi connectivity index (χ1v) is 4.75. The maximum atomic E-state index is 8.65. The summed E-state index contributed by atoms with van der Waals surface area (Å²) in [7, 11) is 0. The minimum Gasteiger partial charge on any atom is -0.411 e. The summed E-state index contributed by atoms with van der Waals surface area (Å²) in [6, 6.07) is 0. The number of oxime groups is 1. The van der Waals surface area contributed by atoms with E-state index in [0.29, 0.717) is 5.41 Å². The average molecular weight is 168 g/mol. The third-order valence-corrected chi connectivity index (χ3v) is 3.33. The van der Waals surface area contributed by atoms with Crippen molar-refractivity contribution >= 4 is 5.71 Å². The molecule has 1 aliphatic carbocycles. The number of piperidine rings is 1. The molecule has 3 heteroatoms. The predicted octanol–water partition coefficient (Wildman–Crippen LogP) is 1.37. The molecule has 12 heavy (non-hydrogen) atoms. The molecule has 2 fully saturated rings. The summed E-state index contributed by atoms with van der Waals surface area (Å²) in [5.41, 5.74) is 1.50. The topological polar surface area (TPSA) is 44.6 Å². The molecule has 0 radical (unpaired) electrons. The molecule has 2 N–H and O–H groups in total. The minimum absolute atomic E-state index is 0.493. The standard InChI is InChI=1S/C9H16N2O/c12-11-8-1-2-9(7-8)3-5-10-6-4-9/h10,12H,1-7H2. The van der Waals surface area contributed by atoms with Crippen LogP contribution in [0.25, 0.3) is 0 Å². The van der Waals surface area contributed by atoms with Gasteiger partial charge in [-0.05, 0) is 50.6 Å². The normalized spacial score (nSPS) is 31.5. The van der Waals surface area contributed by atoms with E-state index in [1.54, 1.807) is 0 Å². The molecule has 3 nitrogen and oxygen atoms in total. The third-order valence-electron chi connectivity index (χ3n) is 3.33. The molecule has 68 valence electrons. The van der Waals surface area contributed by atoms with Crippen LogP contribution in [-0.4, -0.2) is 24.0 Å². The molecule has 0 bridgehead atoms. The van der Waals surface area contributed by atoms with Gasteiger partial charge >= 0.3 is 0 Å². The first-order chi connectivity index (χ1) is 5.85. The second-order valence-corrected chi connectivity index (χ2v) is 4.09. The molecule has 0 aromatic carbocycles. The van der Waals surface area contributed by atoms with E-state index in [2.05, 4.69) is 10.5 Å². The van der Waals surface area contributed by atoms with Gasteiger partial charge in [-0.3, -0.25) is 0 Å². The maximum Gasteiger partial charge on any atom is 0.0576 e. The Kier molecular flexibility index (Phi) is 2.05. The van der Waals surface area contributed by atoms with E-state index in [1.807, 2.05) is 0 Å². The number of nitrogens with zero attached hydrogens (tertiary/aromatic N) is 1. The molecule has 1 saturated heterocycles. The number of hydrogen-bond donors (Lipinski definition) is 2. The monoisotopic (exact) mass is 168 g/mol. The van der Waals surface area contributed by atoms with Crippen LogP contribution in [0.1, 0.15) is 32.1 Å². The number of hydrogen-bond acceptors (Lipinski definition) is 3. The Bertz CT molecular complexity index is 195. The molecule has 1 saturated carbocycles. The molecular weight excluding hydrogens is 152 g/mol. The smallest absolute Gasteiger partial charge is 0.0576 e. The van der Waals surface area contributed by atoms with Crippen molar-refractivity contribution < 1.29 is 5.21 Å². The fraction of sp³-hybridized carbons (Fsp3) is 0.889. The van der Waals surface area contributed by atoms with Crippen LogP contribution in [0.4, 0.5) is 0 Å². The maximum absolute atomic E-state index is 8.65. The van der Waals surface area contributed by atoms with E-state index >= 15 is 0 Å². The highest BCUT2D eigenvalue weighted by Crippen LogP contribution is 2.43. The van der Waals surface area contributed by atoms with Gasteiger partial charge in [-0.1, -0.05) is 5.16 Å². The van der Waals surface area contributed by atoms with Gasteiger partial charge in [-0.15, -0.1) is 0 Å². The minimum atomic E-state index is 0.493. The second kappa shape index (κ2) is 3.05. The van der Waals surface area contributed by atoms with E-state index in [0.717, 1.165) is 31.6 Å².